The summed E-state index contributed by atoms with van der Waals surface area (Å²) in [6.07, 6.45) is 0. The van der Waals surface area contributed by atoms with Gasteiger partial charge in [-0.2, -0.15) is 0 Å². The Labute approximate surface area is 53.9 Å². The summed E-state index contributed by atoms with van der Waals surface area (Å²) in [4.78, 5) is 0. The third-order valence-electron chi connectivity index (χ3n) is 0. The molecule has 0 amide bonds. The van der Waals surface area contributed by atoms with Crippen molar-refractivity contribution in [1.82, 2.24) is 0 Å². The maximum atomic E-state index is 0. The van der Waals surface area contributed by atoms with Crippen LogP contribution in [0.4, 0.5) is 0 Å². The summed E-state index contributed by atoms with van der Waals surface area (Å²) in [7, 11) is 0. The summed E-state index contributed by atoms with van der Waals surface area (Å²) in [5, 5.41) is 0. The molecule has 0 aliphatic carbocycles. The molecule has 4 heteroatoms. The molecule has 4 heavy (non-hydrogen) atoms. The molecule has 0 rings (SSSR count). The first kappa shape index (κ1) is 57.5. The van der Waals surface area contributed by atoms with Crippen LogP contribution in [0.3, 0.4) is 0 Å². The molecule has 0 aliphatic rings. The van der Waals surface area contributed by atoms with Crippen molar-refractivity contribution < 1.29 is 53.9 Å². The van der Waals surface area contributed by atoms with E-state index in [1.807, 2.05) is 0 Å². The van der Waals surface area contributed by atoms with Crippen LogP contribution in [0.25, 0.3) is 0 Å². The van der Waals surface area contributed by atoms with Crippen molar-refractivity contribution >= 4 is 0 Å². The fourth-order valence-electron chi connectivity index (χ4n) is 0. The van der Waals surface area contributed by atoms with E-state index in [0.29, 0.717) is 0 Å². The van der Waals surface area contributed by atoms with Crippen LogP contribution < -0.4 is 0 Å². The second kappa shape index (κ2) is 27.5. The average Bonchev–Trinajstić information content (AvgIpc) is 0. The summed E-state index contributed by atoms with van der Waals surface area (Å²) in [5.74, 6) is 0. The van der Waals surface area contributed by atoms with Crippen LogP contribution in [0.1, 0.15) is 0 Å². The van der Waals surface area contributed by atoms with Gasteiger partial charge in [-0.3, -0.25) is 0 Å². The van der Waals surface area contributed by atoms with Gasteiger partial charge in [0.25, 0.3) is 0 Å². The molecule has 0 spiro atoms. The molecule has 0 aliphatic heterocycles. The maximum absolute atomic E-state index is 0. The first-order chi connectivity index (χ1) is 0. The van der Waals surface area contributed by atoms with E-state index < -0.39 is 0 Å². The van der Waals surface area contributed by atoms with Crippen LogP contribution >= 0.6 is 0 Å². The average molecular weight is 186 g/mol. The number of rotatable bonds is 0. The summed E-state index contributed by atoms with van der Waals surface area (Å²) in [6.45, 7) is 0. The van der Waals surface area contributed by atoms with Gasteiger partial charge in [0.15, 0.2) is 0 Å². The van der Waals surface area contributed by atoms with Gasteiger partial charge >= 0.3 is 0 Å². The monoisotopic (exact) mass is 185 g/mol. The van der Waals surface area contributed by atoms with Crippen LogP contribution in [0.15, 0.2) is 0 Å². The molecule has 2 nitrogen and oxygen atoms in total. The Hall–Kier alpha value is 1.31. The summed E-state index contributed by atoms with van der Waals surface area (Å²) in [5.41, 5.74) is 0. The van der Waals surface area contributed by atoms with Gasteiger partial charge in [0, 0.05) is 43.0 Å². The largest absolute Gasteiger partial charge is 0.412 e. The molecular weight excluding hydrogens is 182 g/mol. The van der Waals surface area contributed by atoms with E-state index in [9.17, 15) is 0 Å². The Morgan fingerprint density at radius 1 is 0.750 bits per heavy atom. The fourth-order valence-corrected chi connectivity index (χ4v) is 0. The molecule has 0 heterocycles. The van der Waals surface area contributed by atoms with Crippen LogP contribution in [-0.2, 0) is 43.0 Å². The smallest absolute Gasteiger partial charge is 0 e. The first-order valence-corrected chi connectivity index (χ1v) is 0. The quantitative estimate of drug-likeness (QED) is 0.435. The van der Waals surface area contributed by atoms with Gasteiger partial charge in [-0.1, -0.05) is 0 Å². The van der Waals surface area contributed by atoms with Crippen molar-refractivity contribution in [2.75, 3.05) is 0 Å². The summed E-state index contributed by atoms with van der Waals surface area (Å²) in [6, 6.07) is 0. The molecule has 0 saturated carbocycles. The van der Waals surface area contributed by atoms with E-state index in [-0.39, 0.29) is 53.9 Å². The van der Waals surface area contributed by atoms with Crippen molar-refractivity contribution in [1.29, 1.82) is 0 Å². The van der Waals surface area contributed by atoms with Crippen molar-refractivity contribution in [3.05, 3.63) is 0 Å². The van der Waals surface area contributed by atoms with E-state index in [0.717, 1.165) is 0 Å². The van der Waals surface area contributed by atoms with Crippen LogP contribution in [-0.4, -0.2) is 11.0 Å². The standard InChI is InChI=1S/Co.2H2O.Zr/h;2*1H2;. The Kier molecular flexibility index (Phi) is 396. The third-order valence-corrected chi connectivity index (χ3v) is 0. The van der Waals surface area contributed by atoms with E-state index in [2.05, 4.69) is 0 Å². The van der Waals surface area contributed by atoms with Gasteiger partial charge in [0.2, 0.25) is 0 Å². The molecule has 0 aromatic heterocycles. The van der Waals surface area contributed by atoms with Gasteiger partial charge in [0.1, 0.15) is 0 Å². The predicted molar refractivity (Wildman–Crippen MR) is 7.23 cm³/mol. The Morgan fingerprint density at radius 3 is 0.750 bits per heavy atom. The van der Waals surface area contributed by atoms with Crippen molar-refractivity contribution in [3.63, 3.8) is 0 Å². The normalized spacial score (nSPS) is 0. The van der Waals surface area contributed by atoms with Crippen molar-refractivity contribution in [2.24, 2.45) is 0 Å². The molecule has 0 aromatic carbocycles. The fraction of sp³-hybridized carbons (Fsp3) is 0. The van der Waals surface area contributed by atoms with E-state index in [4.69, 9.17) is 0 Å². The van der Waals surface area contributed by atoms with Gasteiger partial charge in [-0.15, -0.1) is 0 Å². The van der Waals surface area contributed by atoms with Gasteiger partial charge in [-0.05, 0) is 0 Å². The van der Waals surface area contributed by atoms with Gasteiger partial charge < -0.3 is 11.0 Å². The molecule has 0 saturated heterocycles. The van der Waals surface area contributed by atoms with Crippen molar-refractivity contribution in [2.45, 2.75) is 0 Å². The molecule has 0 fully saturated rings. The zero-order valence-electron chi connectivity index (χ0n) is 1.83. The second-order valence-corrected chi connectivity index (χ2v) is 0. The third kappa shape index (κ3) is 10.3. The Bertz CT molecular complexity index is 6.00. The van der Waals surface area contributed by atoms with Crippen LogP contribution in [0.5, 0.6) is 0 Å². The molecule has 0 bridgehead atoms. The summed E-state index contributed by atoms with van der Waals surface area (Å²) < 4.78 is 0. The van der Waals surface area contributed by atoms with E-state index >= 15 is 0 Å². The maximum Gasteiger partial charge on any atom is 0 e. The number of hydrogen-bond acceptors (Lipinski definition) is 0. The molecule has 0 unspecified atom stereocenters. The SMILES string of the molecule is O.O.[Co].[Zr]. The second-order valence-electron chi connectivity index (χ2n) is 0. The van der Waals surface area contributed by atoms with E-state index in [1.165, 1.54) is 0 Å². The van der Waals surface area contributed by atoms with Gasteiger partial charge in [-0.25, -0.2) is 0 Å². The predicted octanol–water partition coefficient (Wildman–Crippen LogP) is -1.65. The minimum Gasteiger partial charge on any atom is -0.412 e. The zero-order chi connectivity index (χ0) is 0. The Morgan fingerprint density at radius 2 is 0.750 bits per heavy atom. The first-order valence-electron chi connectivity index (χ1n) is 0. The minimum atomic E-state index is 0. The molecular formula is H4CoO2Zr. The topological polar surface area (TPSA) is 63.0 Å². The zero-order valence-corrected chi connectivity index (χ0v) is 5.33. The molecule has 0 aromatic rings. The molecule has 0 atom stereocenters. The summed E-state index contributed by atoms with van der Waals surface area (Å²) >= 11 is 0. The van der Waals surface area contributed by atoms with Crippen LogP contribution in [0.2, 0.25) is 0 Å². The molecule has 29 valence electrons. The Balaban J connectivity index is 0. The van der Waals surface area contributed by atoms with E-state index in [1.54, 1.807) is 0 Å². The minimum absolute atomic E-state index is 0. The van der Waals surface area contributed by atoms with Crippen molar-refractivity contribution in [3.8, 4) is 0 Å². The molecule has 4 N–H and O–H groups in total. The number of hydrogen-bond donors (Lipinski definition) is 0. The van der Waals surface area contributed by atoms with Gasteiger partial charge in [0.05, 0.1) is 0 Å². The molecule has 1 radical (unpaired) electrons. The van der Waals surface area contributed by atoms with Crippen LogP contribution in [0, 0.1) is 0 Å².